The van der Waals surface area contributed by atoms with Crippen LogP contribution >= 0.6 is 0 Å². The van der Waals surface area contributed by atoms with Crippen LogP contribution in [-0.4, -0.2) is 23.8 Å². The number of rotatable bonds is 2. The summed E-state index contributed by atoms with van der Waals surface area (Å²) in [5.74, 6) is -1.18. The second kappa shape index (κ2) is 4.70. The largest absolute Gasteiger partial charge is 0.389 e. The highest BCUT2D eigenvalue weighted by Gasteiger charge is 2.37. The van der Waals surface area contributed by atoms with Crippen molar-refractivity contribution in [3.8, 4) is 0 Å². The van der Waals surface area contributed by atoms with Gasteiger partial charge in [-0.1, -0.05) is 13.0 Å². The fraction of sp³-hybridized carbons (Fsp3) is 0.538. The number of hydrogen-bond donors (Lipinski definition) is 2. The first-order valence-electron chi connectivity index (χ1n) is 5.89. The summed E-state index contributed by atoms with van der Waals surface area (Å²) in [6.07, 6.45) is 0.552. The van der Waals surface area contributed by atoms with Crippen molar-refractivity contribution in [3.05, 3.63) is 35.4 Å². The molecule has 2 rings (SSSR count). The third-order valence-corrected chi connectivity index (χ3v) is 3.65. The van der Waals surface area contributed by atoms with Crippen LogP contribution < -0.4 is 5.32 Å². The molecule has 94 valence electrons. The molecule has 1 aromatic carbocycles. The van der Waals surface area contributed by atoms with Gasteiger partial charge in [-0.3, -0.25) is 0 Å². The van der Waals surface area contributed by atoms with Crippen LogP contribution in [0.2, 0.25) is 0 Å². The lowest BCUT2D eigenvalue weighted by molar-refractivity contribution is -0.0341. The lowest BCUT2D eigenvalue weighted by Gasteiger charge is -2.38. The molecule has 0 radical (unpaired) electrons. The van der Waals surface area contributed by atoms with E-state index < -0.39 is 17.2 Å². The zero-order valence-corrected chi connectivity index (χ0v) is 9.84. The van der Waals surface area contributed by atoms with Crippen LogP contribution in [0.15, 0.2) is 18.2 Å². The maximum absolute atomic E-state index is 13.5. The lowest BCUT2D eigenvalue weighted by atomic mass is 9.78. The topological polar surface area (TPSA) is 32.3 Å². The Hall–Kier alpha value is -1.00. The van der Waals surface area contributed by atoms with Gasteiger partial charge in [0.15, 0.2) is 0 Å². The molecule has 1 heterocycles. The Balaban J connectivity index is 2.25. The molecule has 1 aliphatic heterocycles. The highest BCUT2D eigenvalue weighted by Crippen LogP contribution is 2.30. The molecular formula is C13H17F2NO. The third-order valence-electron chi connectivity index (χ3n) is 3.65. The second-order valence-corrected chi connectivity index (χ2v) is 4.84. The van der Waals surface area contributed by atoms with Gasteiger partial charge >= 0.3 is 0 Å². The summed E-state index contributed by atoms with van der Waals surface area (Å²) >= 11 is 0. The van der Waals surface area contributed by atoms with Gasteiger partial charge in [-0.25, -0.2) is 8.78 Å². The number of halogens is 2. The van der Waals surface area contributed by atoms with E-state index in [4.69, 9.17) is 0 Å². The van der Waals surface area contributed by atoms with E-state index in [1.807, 2.05) is 6.92 Å². The SMILES string of the molecule is CC1CNCCC1(O)Cc1c(F)cccc1F. The summed E-state index contributed by atoms with van der Waals surface area (Å²) in [7, 11) is 0. The van der Waals surface area contributed by atoms with Crippen LogP contribution in [0.25, 0.3) is 0 Å². The van der Waals surface area contributed by atoms with E-state index in [0.717, 1.165) is 0 Å². The standard InChI is InChI=1S/C13H17F2NO/c1-9-8-16-6-5-13(9,17)7-10-11(14)3-2-4-12(10)15/h2-4,9,16-17H,5-8H2,1H3. The predicted molar refractivity (Wildman–Crippen MR) is 61.7 cm³/mol. The number of nitrogens with one attached hydrogen (secondary N) is 1. The zero-order valence-electron chi connectivity index (χ0n) is 9.84. The van der Waals surface area contributed by atoms with Gasteiger partial charge in [-0.15, -0.1) is 0 Å². The minimum absolute atomic E-state index is 0.0104. The molecule has 4 heteroatoms. The molecule has 2 unspecified atom stereocenters. The Kier molecular flexibility index (Phi) is 3.45. The average Bonchev–Trinajstić information content (AvgIpc) is 2.28. The minimum Gasteiger partial charge on any atom is -0.389 e. The molecule has 1 aliphatic rings. The summed E-state index contributed by atoms with van der Waals surface area (Å²) in [6, 6.07) is 3.80. The van der Waals surface area contributed by atoms with Gasteiger partial charge in [0, 0.05) is 18.5 Å². The summed E-state index contributed by atoms with van der Waals surface area (Å²) < 4.78 is 27.1. The Morgan fingerprint density at radius 2 is 2.06 bits per heavy atom. The van der Waals surface area contributed by atoms with Gasteiger partial charge in [-0.2, -0.15) is 0 Å². The molecule has 0 bridgehead atoms. The first-order chi connectivity index (χ1) is 8.03. The van der Waals surface area contributed by atoms with Crippen molar-refractivity contribution in [2.75, 3.05) is 13.1 Å². The van der Waals surface area contributed by atoms with E-state index >= 15 is 0 Å². The summed E-state index contributed by atoms with van der Waals surface area (Å²) in [6.45, 7) is 3.24. The van der Waals surface area contributed by atoms with Crippen molar-refractivity contribution in [1.82, 2.24) is 5.32 Å². The van der Waals surface area contributed by atoms with Crippen molar-refractivity contribution in [2.45, 2.75) is 25.4 Å². The molecule has 2 N–H and O–H groups in total. The maximum atomic E-state index is 13.5. The van der Waals surface area contributed by atoms with Crippen molar-refractivity contribution in [2.24, 2.45) is 5.92 Å². The molecule has 0 saturated carbocycles. The van der Waals surface area contributed by atoms with Crippen LogP contribution in [0.3, 0.4) is 0 Å². The Morgan fingerprint density at radius 1 is 1.41 bits per heavy atom. The maximum Gasteiger partial charge on any atom is 0.129 e. The van der Waals surface area contributed by atoms with Crippen molar-refractivity contribution < 1.29 is 13.9 Å². The summed E-state index contributed by atoms with van der Waals surface area (Å²) in [4.78, 5) is 0. The molecule has 17 heavy (non-hydrogen) atoms. The molecule has 2 atom stereocenters. The Labute approximate surface area is 99.7 Å². The summed E-state index contributed by atoms with van der Waals surface area (Å²) in [5, 5.41) is 13.6. The molecule has 1 aromatic rings. The van der Waals surface area contributed by atoms with Gasteiger partial charge in [0.05, 0.1) is 5.60 Å². The van der Waals surface area contributed by atoms with E-state index in [-0.39, 0.29) is 17.9 Å². The fourth-order valence-electron chi connectivity index (χ4n) is 2.33. The first kappa shape index (κ1) is 12.5. The second-order valence-electron chi connectivity index (χ2n) is 4.84. The van der Waals surface area contributed by atoms with Gasteiger partial charge < -0.3 is 10.4 Å². The average molecular weight is 241 g/mol. The van der Waals surface area contributed by atoms with E-state index in [1.54, 1.807) is 0 Å². The molecule has 1 saturated heterocycles. The van der Waals surface area contributed by atoms with Crippen molar-refractivity contribution in [3.63, 3.8) is 0 Å². The molecule has 1 fully saturated rings. The minimum atomic E-state index is -1.02. The zero-order chi connectivity index (χ0) is 12.5. The number of piperidine rings is 1. The highest BCUT2D eigenvalue weighted by atomic mass is 19.1. The van der Waals surface area contributed by atoms with Crippen molar-refractivity contribution >= 4 is 0 Å². The van der Waals surface area contributed by atoms with Gasteiger partial charge in [0.1, 0.15) is 11.6 Å². The molecule has 2 nitrogen and oxygen atoms in total. The van der Waals surface area contributed by atoms with Crippen molar-refractivity contribution in [1.29, 1.82) is 0 Å². The Bertz CT molecular complexity index is 390. The first-order valence-corrected chi connectivity index (χ1v) is 5.89. The number of benzene rings is 1. The third kappa shape index (κ3) is 2.48. The van der Waals surface area contributed by atoms with E-state index in [2.05, 4.69) is 5.32 Å². The molecule has 0 aliphatic carbocycles. The smallest absolute Gasteiger partial charge is 0.129 e. The van der Waals surface area contributed by atoms with Crippen LogP contribution in [0.5, 0.6) is 0 Å². The van der Waals surface area contributed by atoms with Crippen LogP contribution in [0, 0.1) is 17.6 Å². The van der Waals surface area contributed by atoms with Crippen LogP contribution in [0.1, 0.15) is 18.9 Å². The summed E-state index contributed by atoms with van der Waals surface area (Å²) in [5.41, 5.74) is -1.03. The fourth-order valence-corrected chi connectivity index (χ4v) is 2.33. The highest BCUT2D eigenvalue weighted by molar-refractivity contribution is 5.22. The van der Waals surface area contributed by atoms with E-state index in [0.29, 0.717) is 19.5 Å². The number of hydrogen-bond acceptors (Lipinski definition) is 2. The van der Waals surface area contributed by atoms with Gasteiger partial charge in [0.25, 0.3) is 0 Å². The quantitative estimate of drug-likeness (QED) is 0.828. The molecular weight excluding hydrogens is 224 g/mol. The Morgan fingerprint density at radius 3 is 2.65 bits per heavy atom. The van der Waals surface area contributed by atoms with Gasteiger partial charge in [-0.05, 0) is 31.0 Å². The monoisotopic (exact) mass is 241 g/mol. The van der Waals surface area contributed by atoms with Gasteiger partial charge in [0.2, 0.25) is 0 Å². The molecule has 0 spiro atoms. The predicted octanol–water partition coefficient (Wildman–Crippen LogP) is 1.87. The van der Waals surface area contributed by atoms with E-state index in [9.17, 15) is 13.9 Å². The molecule has 0 amide bonds. The lowest BCUT2D eigenvalue weighted by Crippen LogP contribution is -2.50. The van der Waals surface area contributed by atoms with Crippen LogP contribution in [-0.2, 0) is 6.42 Å². The van der Waals surface area contributed by atoms with E-state index in [1.165, 1.54) is 18.2 Å². The van der Waals surface area contributed by atoms with Crippen LogP contribution in [0.4, 0.5) is 8.78 Å². The normalized spacial score (nSPS) is 29.3. The number of aliphatic hydroxyl groups is 1. The molecule has 0 aromatic heterocycles.